The molecule has 1 aliphatic heterocycles. The van der Waals surface area contributed by atoms with Crippen LogP contribution in [-0.4, -0.2) is 55.1 Å². The van der Waals surface area contributed by atoms with Gasteiger partial charge in [0.15, 0.2) is 0 Å². The lowest BCUT2D eigenvalue weighted by Crippen LogP contribution is -2.48. The van der Waals surface area contributed by atoms with Gasteiger partial charge in [-0.2, -0.15) is 0 Å². The number of amides is 2. The van der Waals surface area contributed by atoms with Crippen molar-refractivity contribution in [3.8, 4) is 5.95 Å². The zero-order valence-corrected chi connectivity index (χ0v) is 15.7. The third-order valence-electron chi connectivity index (χ3n) is 4.41. The second kappa shape index (κ2) is 7.34. The van der Waals surface area contributed by atoms with Crippen molar-refractivity contribution in [2.45, 2.75) is 38.7 Å². The van der Waals surface area contributed by atoms with Crippen molar-refractivity contribution in [1.82, 2.24) is 24.4 Å². The van der Waals surface area contributed by atoms with E-state index in [0.717, 1.165) is 0 Å². The van der Waals surface area contributed by atoms with E-state index in [1.165, 1.54) is 0 Å². The molecule has 0 saturated carbocycles. The Hall–Kier alpha value is -2.97. The van der Waals surface area contributed by atoms with Crippen LogP contribution in [0.5, 0.6) is 0 Å². The molecule has 1 fully saturated rings. The summed E-state index contributed by atoms with van der Waals surface area (Å²) in [7, 11) is 0. The van der Waals surface area contributed by atoms with Gasteiger partial charge in [0, 0.05) is 43.5 Å². The highest BCUT2D eigenvalue weighted by atomic mass is 16.6. The molecule has 1 aliphatic rings. The van der Waals surface area contributed by atoms with Crippen LogP contribution in [0.1, 0.15) is 38.8 Å². The third kappa shape index (κ3) is 4.42. The van der Waals surface area contributed by atoms with Crippen LogP contribution < -0.4 is 5.73 Å². The number of aromatic nitrogens is 4. The Kier molecular flexibility index (Phi) is 5.11. The van der Waals surface area contributed by atoms with Crippen molar-refractivity contribution in [2.24, 2.45) is 11.7 Å². The largest absolute Gasteiger partial charge is 0.444 e. The predicted octanol–water partition coefficient (Wildman–Crippen LogP) is 1.49. The molecule has 0 radical (unpaired) electrons. The maximum Gasteiger partial charge on any atom is 0.410 e. The Morgan fingerprint density at radius 2 is 2.07 bits per heavy atom. The van der Waals surface area contributed by atoms with Gasteiger partial charge in [0.2, 0.25) is 11.9 Å². The third-order valence-corrected chi connectivity index (χ3v) is 4.41. The zero-order chi connectivity index (χ0) is 19.6. The SMILES string of the molecule is CC(C)(C)OC(=O)N1CCC(C(N)=O)C(c2ccnc(-n3ccnc3)n2)C1. The molecule has 9 heteroatoms. The lowest BCUT2D eigenvalue weighted by Gasteiger charge is -2.37. The van der Waals surface area contributed by atoms with Crippen molar-refractivity contribution in [3.05, 3.63) is 36.7 Å². The van der Waals surface area contributed by atoms with Crippen molar-refractivity contribution in [2.75, 3.05) is 13.1 Å². The maximum absolute atomic E-state index is 12.5. The maximum atomic E-state index is 12.5. The summed E-state index contributed by atoms with van der Waals surface area (Å²) in [6.45, 7) is 6.18. The number of likely N-dealkylation sites (tertiary alicyclic amines) is 1. The first-order valence-electron chi connectivity index (χ1n) is 8.83. The number of nitrogens with two attached hydrogens (primary N) is 1. The summed E-state index contributed by atoms with van der Waals surface area (Å²) in [5, 5.41) is 0. The summed E-state index contributed by atoms with van der Waals surface area (Å²) in [4.78, 5) is 38.9. The molecule has 2 aromatic heterocycles. The average molecular weight is 372 g/mol. The second-order valence-corrected chi connectivity index (χ2v) is 7.58. The molecule has 2 unspecified atom stereocenters. The lowest BCUT2D eigenvalue weighted by atomic mass is 9.82. The second-order valence-electron chi connectivity index (χ2n) is 7.58. The van der Waals surface area contributed by atoms with E-state index in [1.807, 2.05) is 20.8 Å². The van der Waals surface area contributed by atoms with Crippen LogP contribution in [0.3, 0.4) is 0 Å². The van der Waals surface area contributed by atoms with Gasteiger partial charge in [0.25, 0.3) is 0 Å². The van der Waals surface area contributed by atoms with Gasteiger partial charge in [-0.1, -0.05) is 0 Å². The molecular weight excluding hydrogens is 348 g/mol. The van der Waals surface area contributed by atoms with Gasteiger partial charge in [-0.3, -0.25) is 9.36 Å². The minimum atomic E-state index is -0.587. The van der Waals surface area contributed by atoms with Crippen LogP contribution in [0.15, 0.2) is 31.0 Å². The highest BCUT2D eigenvalue weighted by molar-refractivity contribution is 5.78. The molecule has 0 bridgehead atoms. The number of hydrogen-bond acceptors (Lipinski definition) is 6. The monoisotopic (exact) mass is 372 g/mol. The van der Waals surface area contributed by atoms with Gasteiger partial charge in [-0.05, 0) is 33.3 Å². The highest BCUT2D eigenvalue weighted by Crippen LogP contribution is 2.32. The fraction of sp³-hybridized carbons (Fsp3) is 0.500. The van der Waals surface area contributed by atoms with E-state index < -0.39 is 23.5 Å². The van der Waals surface area contributed by atoms with Crippen LogP contribution in [0.2, 0.25) is 0 Å². The van der Waals surface area contributed by atoms with Crippen molar-refractivity contribution >= 4 is 12.0 Å². The van der Waals surface area contributed by atoms with Gasteiger partial charge < -0.3 is 15.4 Å². The standard InChI is InChI=1S/C18H24N6O3/c1-18(2,3)27-17(26)23-8-5-12(15(19)25)13(10-23)14-4-6-21-16(22-14)24-9-7-20-11-24/h4,6-7,9,11-13H,5,8,10H2,1-3H3,(H2,19,25). The number of hydrogen-bond donors (Lipinski definition) is 1. The normalized spacial score (nSPS) is 20.3. The molecule has 2 N–H and O–H groups in total. The van der Waals surface area contributed by atoms with Crippen LogP contribution in [0.25, 0.3) is 5.95 Å². The summed E-state index contributed by atoms with van der Waals surface area (Å²) in [6.07, 6.45) is 6.65. The molecule has 2 aromatic rings. The van der Waals surface area contributed by atoms with E-state index in [2.05, 4.69) is 15.0 Å². The van der Waals surface area contributed by atoms with Gasteiger partial charge in [-0.15, -0.1) is 0 Å². The first-order chi connectivity index (χ1) is 12.7. The van der Waals surface area contributed by atoms with E-state index in [0.29, 0.717) is 31.2 Å². The molecule has 0 spiro atoms. The Morgan fingerprint density at radius 1 is 1.30 bits per heavy atom. The topological polar surface area (TPSA) is 116 Å². The lowest BCUT2D eigenvalue weighted by molar-refractivity contribution is -0.124. The van der Waals surface area contributed by atoms with E-state index >= 15 is 0 Å². The number of nitrogens with zero attached hydrogens (tertiary/aromatic N) is 5. The van der Waals surface area contributed by atoms with Crippen LogP contribution in [0.4, 0.5) is 4.79 Å². The number of ether oxygens (including phenoxy) is 1. The quantitative estimate of drug-likeness (QED) is 0.872. The summed E-state index contributed by atoms with van der Waals surface area (Å²) >= 11 is 0. The Balaban J connectivity index is 1.86. The predicted molar refractivity (Wildman–Crippen MR) is 97.0 cm³/mol. The van der Waals surface area contributed by atoms with E-state index in [-0.39, 0.29) is 5.92 Å². The first kappa shape index (κ1) is 18.8. The molecule has 9 nitrogen and oxygen atoms in total. The molecule has 3 heterocycles. The number of carbonyl (C=O) groups is 2. The van der Waals surface area contributed by atoms with Crippen molar-refractivity contribution < 1.29 is 14.3 Å². The summed E-state index contributed by atoms with van der Waals surface area (Å²) in [6, 6.07) is 1.75. The first-order valence-corrected chi connectivity index (χ1v) is 8.83. The van der Waals surface area contributed by atoms with Gasteiger partial charge in [-0.25, -0.2) is 19.7 Å². The number of piperidine rings is 1. The van der Waals surface area contributed by atoms with Crippen LogP contribution in [-0.2, 0) is 9.53 Å². The average Bonchev–Trinajstić information content (AvgIpc) is 3.14. The summed E-state index contributed by atoms with van der Waals surface area (Å²) in [5.41, 5.74) is 5.69. The minimum absolute atomic E-state index is 0.308. The zero-order valence-electron chi connectivity index (χ0n) is 15.7. The van der Waals surface area contributed by atoms with E-state index in [4.69, 9.17) is 10.5 Å². The molecule has 27 heavy (non-hydrogen) atoms. The molecule has 3 rings (SSSR count). The minimum Gasteiger partial charge on any atom is -0.444 e. The molecule has 0 aliphatic carbocycles. The Morgan fingerprint density at radius 3 is 2.70 bits per heavy atom. The molecular formula is C18H24N6O3. The highest BCUT2D eigenvalue weighted by Gasteiger charge is 2.38. The van der Waals surface area contributed by atoms with Gasteiger partial charge in [0.05, 0.1) is 5.69 Å². The molecule has 144 valence electrons. The molecule has 1 saturated heterocycles. The fourth-order valence-corrected chi connectivity index (χ4v) is 3.15. The van der Waals surface area contributed by atoms with Crippen molar-refractivity contribution in [3.63, 3.8) is 0 Å². The summed E-state index contributed by atoms with van der Waals surface area (Å²) < 4.78 is 7.14. The summed E-state index contributed by atoms with van der Waals surface area (Å²) in [5.74, 6) is -0.683. The van der Waals surface area contributed by atoms with E-state index in [1.54, 1.807) is 40.5 Å². The number of rotatable bonds is 3. The van der Waals surface area contributed by atoms with E-state index in [9.17, 15) is 9.59 Å². The number of primary amides is 1. The molecule has 2 amide bonds. The van der Waals surface area contributed by atoms with Crippen LogP contribution in [0, 0.1) is 5.92 Å². The fourth-order valence-electron chi connectivity index (χ4n) is 3.15. The van der Waals surface area contributed by atoms with Gasteiger partial charge >= 0.3 is 6.09 Å². The smallest absolute Gasteiger partial charge is 0.410 e. The number of carbonyl (C=O) groups excluding carboxylic acids is 2. The number of imidazole rings is 1. The molecule has 0 aromatic carbocycles. The van der Waals surface area contributed by atoms with Crippen LogP contribution >= 0.6 is 0 Å². The van der Waals surface area contributed by atoms with Gasteiger partial charge in [0.1, 0.15) is 11.9 Å². The van der Waals surface area contributed by atoms with Crippen molar-refractivity contribution in [1.29, 1.82) is 0 Å². The Bertz CT molecular complexity index is 815. The molecule has 2 atom stereocenters. The Labute approximate surface area is 157 Å².